The van der Waals surface area contributed by atoms with Gasteiger partial charge in [-0.05, 0) is 6.42 Å². The molecule has 0 saturated carbocycles. The molecule has 0 fully saturated rings. The van der Waals surface area contributed by atoms with E-state index in [4.69, 9.17) is 15.5 Å². The van der Waals surface area contributed by atoms with Crippen molar-refractivity contribution in [2.24, 2.45) is 5.73 Å². The second-order valence-electron chi connectivity index (χ2n) is 2.60. The molecule has 0 amide bonds. The highest BCUT2D eigenvalue weighted by atomic mass is 31.2. The lowest BCUT2D eigenvalue weighted by molar-refractivity contribution is 0.130. The van der Waals surface area contributed by atoms with E-state index in [-0.39, 0.29) is 6.54 Å². The predicted molar refractivity (Wildman–Crippen MR) is 45.5 cm³/mol. The van der Waals surface area contributed by atoms with Gasteiger partial charge in [-0.2, -0.15) is 0 Å². The molecule has 4 N–H and O–H groups in total. The van der Waals surface area contributed by atoms with Crippen molar-refractivity contribution in [3.63, 3.8) is 0 Å². The van der Waals surface area contributed by atoms with Crippen molar-refractivity contribution in [3.05, 3.63) is 0 Å². The molecule has 0 radical (unpaired) electrons. The fraction of sp³-hybridized carbons (Fsp3) is 1.00. The van der Waals surface area contributed by atoms with Gasteiger partial charge in [-0.25, -0.2) is 4.57 Å². The van der Waals surface area contributed by atoms with E-state index in [2.05, 4.69) is 4.52 Å². The maximum atomic E-state index is 10.4. The van der Waals surface area contributed by atoms with Crippen molar-refractivity contribution in [1.82, 2.24) is 0 Å². The maximum absolute atomic E-state index is 10.4. The van der Waals surface area contributed by atoms with Gasteiger partial charge in [0, 0.05) is 6.54 Å². The van der Waals surface area contributed by atoms with Crippen molar-refractivity contribution in [2.75, 3.05) is 6.54 Å². The summed E-state index contributed by atoms with van der Waals surface area (Å²) >= 11 is 0. The molecule has 0 rings (SSSR count). The Morgan fingerprint density at radius 1 is 1.58 bits per heavy atom. The Hall–Kier alpha value is 0.0700. The van der Waals surface area contributed by atoms with Gasteiger partial charge in [0.25, 0.3) is 0 Å². The molecule has 74 valence electrons. The molecule has 0 aliphatic rings. The highest BCUT2D eigenvalue weighted by Crippen LogP contribution is 2.38. The summed E-state index contributed by atoms with van der Waals surface area (Å²) in [4.78, 5) is 16.9. The van der Waals surface area contributed by atoms with E-state index < -0.39 is 13.9 Å². The smallest absolute Gasteiger partial charge is 0.328 e. The van der Waals surface area contributed by atoms with Gasteiger partial charge in [0.05, 0.1) is 6.10 Å². The van der Waals surface area contributed by atoms with Crippen LogP contribution < -0.4 is 5.73 Å². The fourth-order valence-electron chi connectivity index (χ4n) is 0.840. The topological polar surface area (TPSA) is 92.8 Å². The quantitative estimate of drug-likeness (QED) is 0.542. The predicted octanol–water partition coefficient (Wildman–Crippen LogP) is 0.613. The van der Waals surface area contributed by atoms with Crippen LogP contribution in [0.1, 0.15) is 26.2 Å². The third kappa shape index (κ3) is 6.76. The Morgan fingerprint density at radius 3 is 2.50 bits per heavy atom. The van der Waals surface area contributed by atoms with Crippen LogP contribution in [0.3, 0.4) is 0 Å². The summed E-state index contributed by atoms with van der Waals surface area (Å²) in [5.74, 6) is 0. The second kappa shape index (κ2) is 5.67. The first-order chi connectivity index (χ1) is 5.49. The number of rotatable bonds is 6. The number of nitrogens with two attached hydrogens (primary N) is 1. The minimum Gasteiger partial charge on any atom is -0.328 e. The molecule has 1 unspecified atom stereocenters. The third-order valence-electron chi connectivity index (χ3n) is 1.43. The second-order valence-corrected chi connectivity index (χ2v) is 3.79. The van der Waals surface area contributed by atoms with Gasteiger partial charge >= 0.3 is 7.82 Å². The summed E-state index contributed by atoms with van der Waals surface area (Å²) in [6, 6.07) is 0. The molecule has 12 heavy (non-hydrogen) atoms. The van der Waals surface area contributed by atoms with Crippen LogP contribution in [0.2, 0.25) is 0 Å². The first-order valence-electron chi connectivity index (χ1n) is 3.93. The third-order valence-corrected chi connectivity index (χ3v) is 2.00. The van der Waals surface area contributed by atoms with Gasteiger partial charge in [-0.15, -0.1) is 0 Å². The summed E-state index contributed by atoms with van der Waals surface area (Å²) in [7, 11) is -4.36. The Labute approximate surface area is 72.2 Å². The SMILES string of the molecule is CCCCC(CN)OP(=O)(O)O. The Bertz CT molecular complexity index is 158. The lowest BCUT2D eigenvalue weighted by Gasteiger charge is -2.15. The normalized spacial score (nSPS) is 14.7. The van der Waals surface area contributed by atoms with Crippen molar-refractivity contribution in [3.8, 4) is 0 Å². The van der Waals surface area contributed by atoms with E-state index in [9.17, 15) is 4.57 Å². The van der Waals surface area contributed by atoms with Crippen LogP contribution in [0.25, 0.3) is 0 Å². The largest absolute Gasteiger partial charge is 0.469 e. The van der Waals surface area contributed by atoms with Crippen LogP contribution in [0.5, 0.6) is 0 Å². The van der Waals surface area contributed by atoms with E-state index in [0.29, 0.717) is 6.42 Å². The van der Waals surface area contributed by atoms with Crippen LogP contribution in [-0.4, -0.2) is 22.4 Å². The van der Waals surface area contributed by atoms with Gasteiger partial charge in [0.2, 0.25) is 0 Å². The summed E-state index contributed by atoms with van der Waals surface area (Å²) in [6.07, 6.45) is 1.90. The van der Waals surface area contributed by atoms with Crippen LogP contribution in [0, 0.1) is 0 Å². The molecular formula is C6H16NO4P. The van der Waals surface area contributed by atoms with Gasteiger partial charge in [-0.1, -0.05) is 19.8 Å². The molecule has 0 aliphatic carbocycles. The first-order valence-corrected chi connectivity index (χ1v) is 5.46. The number of unbranched alkanes of at least 4 members (excludes halogenated alkanes) is 1. The zero-order chi connectivity index (χ0) is 9.61. The molecule has 0 spiro atoms. The Balaban J connectivity index is 3.75. The molecule has 1 atom stereocenters. The average molecular weight is 197 g/mol. The van der Waals surface area contributed by atoms with Crippen molar-refractivity contribution >= 4 is 7.82 Å². The molecule has 0 saturated heterocycles. The standard InChI is InChI=1S/C6H16NO4P/c1-2-3-4-6(5-7)11-12(8,9)10/h6H,2-5,7H2,1H3,(H2,8,9,10). The molecule has 0 aliphatic heterocycles. The molecule has 0 heterocycles. The lowest BCUT2D eigenvalue weighted by atomic mass is 10.2. The molecule has 0 aromatic carbocycles. The number of hydrogen-bond donors (Lipinski definition) is 3. The van der Waals surface area contributed by atoms with Crippen LogP contribution in [0.15, 0.2) is 0 Å². The van der Waals surface area contributed by atoms with Crippen molar-refractivity contribution < 1.29 is 18.9 Å². The minimum atomic E-state index is -4.36. The lowest BCUT2D eigenvalue weighted by Crippen LogP contribution is -2.22. The monoisotopic (exact) mass is 197 g/mol. The van der Waals surface area contributed by atoms with Crippen molar-refractivity contribution in [2.45, 2.75) is 32.3 Å². The summed E-state index contributed by atoms with van der Waals surface area (Å²) in [5.41, 5.74) is 5.25. The van der Waals surface area contributed by atoms with Gasteiger partial charge in [0.15, 0.2) is 0 Å². The fourth-order valence-corrected chi connectivity index (χ4v) is 1.42. The van der Waals surface area contributed by atoms with Crippen LogP contribution in [-0.2, 0) is 9.09 Å². The highest BCUT2D eigenvalue weighted by Gasteiger charge is 2.20. The molecule has 0 aromatic heterocycles. The average Bonchev–Trinajstić information content (AvgIpc) is 1.95. The zero-order valence-corrected chi connectivity index (χ0v) is 8.04. The summed E-state index contributed by atoms with van der Waals surface area (Å²) in [5, 5.41) is 0. The highest BCUT2D eigenvalue weighted by molar-refractivity contribution is 7.46. The first kappa shape index (κ1) is 12.1. The number of phosphoric acid groups is 1. The summed E-state index contributed by atoms with van der Waals surface area (Å²) < 4.78 is 14.8. The van der Waals surface area contributed by atoms with E-state index >= 15 is 0 Å². The molecule has 0 aromatic rings. The van der Waals surface area contributed by atoms with E-state index in [1.807, 2.05) is 6.92 Å². The van der Waals surface area contributed by atoms with Crippen LogP contribution in [0.4, 0.5) is 0 Å². The summed E-state index contributed by atoms with van der Waals surface area (Å²) in [6.45, 7) is 2.14. The zero-order valence-electron chi connectivity index (χ0n) is 7.14. The molecular weight excluding hydrogens is 181 g/mol. The van der Waals surface area contributed by atoms with E-state index in [0.717, 1.165) is 12.8 Å². The van der Waals surface area contributed by atoms with E-state index in [1.54, 1.807) is 0 Å². The molecule has 6 heteroatoms. The molecule has 5 nitrogen and oxygen atoms in total. The number of hydrogen-bond acceptors (Lipinski definition) is 3. The Morgan fingerprint density at radius 2 is 2.17 bits per heavy atom. The van der Waals surface area contributed by atoms with Gasteiger partial charge in [-0.3, -0.25) is 4.52 Å². The number of phosphoric ester groups is 1. The minimum absolute atomic E-state index is 0.144. The molecule has 0 bridgehead atoms. The van der Waals surface area contributed by atoms with Gasteiger partial charge in [0.1, 0.15) is 0 Å². The van der Waals surface area contributed by atoms with Crippen LogP contribution >= 0.6 is 7.82 Å². The van der Waals surface area contributed by atoms with Crippen molar-refractivity contribution in [1.29, 1.82) is 0 Å². The Kier molecular flexibility index (Phi) is 5.70. The van der Waals surface area contributed by atoms with E-state index in [1.165, 1.54) is 0 Å². The maximum Gasteiger partial charge on any atom is 0.469 e. The van der Waals surface area contributed by atoms with Gasteiger partial charge < -0.3 is 15.5 Å².